The second-order valence-electron chi connectivity index (χ2n) is 6.33. The van der Waals surface area contributed by atoms with Crippen molar-refractivity contribution in [1.82, 2.24) is 14.7 Å². The van der Waals surface area contributed by atoms with Gasteiger partial charge in [-0.3, -0.25) is 4.79 Å². The molecule has 26 heavy (non-hydrogen) atoms. The number of aromatic nitrogens is 3. The lowest BCUT2D eigenvalue weighted by Gasteiger charge is -2.09. The molecular formula is C20H17N3O3. The first-order valence-electron chi connectivity index (χ1n) is 8.20. The monoisotopic (exact) mass is 347 g/mol. The first-order valence-corrected chi connectivity index (χ1v) is 8.20. The zero-order chi connectivity index (χ0) is 18.4. The van der Waals surface area contributed by atoms with Gasteiger partial charge in [0.1, 0.15) is 11.3 Å². The van der Waals surface area contributed by atoms with Crippen LogP contribution in [0.4, 0.5) is 0 Å². The fourth-order valence-corrected chi connectivity index (χ4v) is 2.99. The van der Waals surface area contributed by atoms with Gasteiger partial charge >= 0.3 is 0 Å². The summed E-state index contributed by atoms with van der Waals surface area (Å²) in [6, 6.07) is 13.0. The Kier molecular flexibility index (Phi) is 3.61. The first kappa shape index (κ1) is 16.1. The molecule has 0 aliphatic rings. The van der Waals surface area contributed by atoms with E-state index in [-0.39, 0.29) is 17.2 Å². The Morgan fingerprint density at radius 3 is 2.62 bits per heavy atom. The van der Waals surface area contributed by atoms with E-state index in [0.29, 0.717) is 16.7 Å². The molecule has 0 fully saturated rings. The van der Waals surface area contributed by atoms with Gasteiger partial charge in [-0.05, 0) is 43.2 Å². The van der Waals surface area contributed by atoms with E-state index in [4.69, 9.17) is 4.52 Å². The third kappa shape index (κ3) is 2.38. The number of hydrogen-bond acceptors (Lipinski definition) is 5. The van der Waals surface area contributed by atoms with Crippen LogP contribution in [0.1, 0.15) is 11.1 Å². The summed E-state index contributed by atoms with van der Waals surface area (Å²) in [5.74, 6) is 0.221. The summed E-state index contributed by atoms with van der Waals surface area (Å²) in [6.45, 7) is 4.03. The van der Waals surface area contributed by atoms with Crippen molar-refractivity contribution in [2.45, 2.75) is 13.8 Å². The van der Waals surface area contributed by atoms with Gasteiger partial charge in [0.25, 0.3) is 11.4 Å². The molecule has 0 unspecified atom stereocenters. The van der Waals surface area contributed by atoms with Crippen LogP contribution >= 0.6 is 0 Å². The number of para-hydroxylation sites is 1. The van der Waals surface area contributed by atoms with E-state index in [9.17, 15) is 9.90 Å². The van der Waals surface area contributed by atoms with Crippen molar-refractivity contribution in [2.24, 2.45) is 7.05 Å². The number of benzene rings is 2. The summed E-state index contributed by atoms with van der Waals surface area (Å²) in [5.41, 5.74) is 3.31. The highest BCUT2D eigenvalue weighted by Crippen LogP contribution is 2.32. The summed E-state index contributed by atoms with van der Waals surface area (Å²) in [7, 11) is 1.65. The van der Waals surface area contributed by atoms with Crippen LogP contribution in [0.3, 0.4) is 0 Å². The van der Waals surface area contributed by atoms with Crippen LogP contribution in [-0.4, -0.2) is 19.8 Å². The summed E-state index contributed by atoms with van der Waals surface area (Å²) >= 11 is 0. The maximum atomic E-state index is 12.7. The number of rotatable bonds is 2. The third-order valence-electron chi connectivity index (χ3n) is 4.68. The highest BCUT2D eigenvalue weighted by molar-refractivity contribution is 5.90. The molecule has 4 aromatic rings. The van der Waals surface area contributed by atoms with Crippen LogP contribution in [0, 0.1) is 13.8 Å². The molecule has 130 valence electrons. The van der Waals surface area contributed by atoms with E-state index in [0.717, 1.165) is 11.1 Å². The molecule has 0 saturated carbocycles. The van der Waals surface area contributed by atoms with E-state index in [2.05, 4.69) is 10.1 Å². The van der Waals surface area contributed by atoms with E-state index < -0.39 is 5.56 Å². The average Bonchev–Trinajstić information content (AvgIpc) is 3.12. The Hall–Kier alpha value is -3.41. The largest absolute Gasteiger partial charge is 0.506 e. The molecule has 2 heterocycles. The maximum absolute atomic E-state index is 12.7. The number of nitrogens with zero attached hydrogens (tertiary/aromatic N) is 3. The Balaban J connectivity index is 1.91. The predicted octanol–water partition coefficient (Wildman–Crippen LogP) is 3.58. The lowest BCUT2D eigenvalue weighted by atomic mass is 10.1. The highest BCUT2D eigenvalue weighted by Gasteiger charge is 2.22. The molecule has 1 N–H and O–H groups in total. The van der Waals surface area contributed by atoms with Gasteiger partial charge in [-0.1, -0.05) is 29.4 Å². The fraction of sp³-hybridized carbons (Fsp3) is 0.150. The van der Waals surface area contributed by atoms with Crippen LogP contribution in [0.15, 0.2) is 51.8 Å². The SMILES string of the molecule is Cc1ccc(-c2noc(-c3c(O)c4ccccc4n(C)c3=O)n2)cc1C. The Morgan fingerprint density at radius 2 is 1.85 bits per heavy atom. The van der Waals surface area contributed by atoms with Gasteiger partial charge in [-0.15, -0.1) is 0 Å². The van der Waals surface area contributed by atoms with Crippen molar-refractivity contribution in [2.75, 3.05) is 0 Å². The van der Waals surface area contributed by atoms with E-state index in [1.807, 2.05) is 38.1 Å². The van der Waals surface area contributed by atoms with Crippen LogP contribution in [0.5, 0.6) is 5.75 Å². The molecule has 0 spiro atoms. The predicted molar refractivity (Wildman–Crippen MR) is 99.1 cm³/mol. The van der Waals surface area contributed by atoms with Crippen LogP contribution in [0.25, 0.3) is 33.7 Å². The lowest BCUT2D eigenvalue weighted by Crippen LogP contribution is -2.19. The topological polar surface area (TPSA) is 81.2 Å². The maximum Gasteiger partial charge on any atom is 0.267 e. The molecule has 0 saturated heterocycles. The molecule has 2 aromatic carbocycles. The lowest BCUT2D eigenvalue weighted by molar-refractivity contribution is 0.425. The average molecular weight is 347 g/mol. The Bertz CT molecular complexity index is 1200. The molecule has 0 atom stereocenters. The van der Waals surface area contributed by atoms with Gasteiger partial charge in [0.05, 0.1) is 5.52 Å². The third-order valence-corrected chi connectivity index (χ3v) is 4.68. The molecule has 2 aromatic heterocycles. The molecule has 0 radical (unpaired) electrons. The second kappa shape index (κ2) is 5.84. The minimum absolute atomic E-state index is 0.00193. The molecule has 4 rings (SSSR count). The van der Waals surface area contributed by atoms with Gasteiger partial charge < -0.3 is 14.2 Å². The summed E-state index contributed by atoms with van der Waals surface area (Å²) in [5, 5.41) is 15.2. The molecule has 0 bridgehead atoms. The number of fused-ring (bicyclic) bond motifs is 1. The standard InChI is InChI=1S/C20H17N3O3/c1-11-8-9-13(10-12(11)2)18-21-19(26-22-18)16-17(24)14-6-4-5-7-15(14)23(3)20(16)25/h4-10,24H,1-3H3. The molecule has 6 nitrogen and oxygen atoms in total. The number of aromatic hydroxyl groups is 1. The number of hydrogen-bond donors (Lipinski definition) is 1. The summed E-state index contributed by atoms with van der Waals surface area (Å²) in [4.78, 5) is 17.1. The normalized spacial score (nSPS) is 11.2. The van der Waals surface area contributed by atoms with Gasteiger partial charge in [0.2, 0.25) is 5.82 Å². The van der Waals surface area contributed by atoms with Crippen LogP contribution in [-0.2, 0) is 7.05 Å². The zero-order valence-electron chi connectivity index (χ0n) is 14.6. The van der Waals surface area contributed by atoms with E-state index in [1.165, 1.54) is 10.1 Å². The van der Waals surface area contributed by atoms with Gasteiger partial charge in [0, 0.05) is 18.0 Å². The van der Waals surface area contributed by atoms with Crippen molar-refractivity contribution in [3.8, 4) is 28.6 Å². The van der Waals surface area contributed by atoms with Gasteiger partial charge in [0.15, 0.2) is 0 Å². The minimum Gasteiger partial charge on any atom is -0.506 e. The molecule has 0 amide bonds. The summed E-state index contributed by atoms with van der Waals surface area (Å²) < 4.78 is 6.77. The molecule has 6 heteroatoms. The summed E-state index contributed by atoms with van der Waals surface area (Å²) in [6.07, 6.45) is 0. The van der Waals surface area contributed by atoms with Crippen molar-refractivity contribution >= 4 is 10.9 Å². The smallest absolute Gasteiger partial charge is 0.267 e. The minimum atomic E-state index is -0.392. The quantitative estimate of drug-likeness (QED) is 0.599. The van der Waals surface area contributed by atoms with E-state index in [1.54, 1.807) is 25.2 Å². The van der Waals surface area contributed by atoms with Crippen LogP contribution in [0.2, 0.25) is 0 Å². The van der Waals surface area contributed by atoms with Crippen molar-refractivity contribution in [1.29, 1.82) is 0 Å². The second-order valence-corrected chi connectivity index (χ2v) is 6.33. The molecular weight excluding hydrogens is 330 g/mol. The van der Waals surface area contributed by atoms with Crippen LogP contribution < -0.4 is 5.56 Å². The molecule has 0 aliphatic carbocycles. The molecule has 0 aliphatic heterocycles. The highest BCUT2D eigenvalue weighted by atomic mass is 16.5. The Morgan fingerprint density at radius 1 is 1.08 bits per heavy atom. The zero-order valence-corrected chi connectivity index (χ0v) is 14.6. The number of pyridine rings is 1. The van der Waals surface area contributed by atoms with Crippen molar-refractivity contribution < 1.29 is 9.63 Å². The first-order chi connectivity index (χ1) is 12.5. The van der Waals surface area contributed by atoms with Gasteiger partial charge in [-0.2, -0.15) is 4.98 Å². The van der Waals surface area contributed by atoms with Crippen molar-refractivity contribution in [3.63, 3.8) is 0 Å². The number of aryl methyl sites for hydroxylation is 3. The van der Waals surface area contributed by atoms with Crippen molar-refractivity contribution in [3.05, 3.63) is 63.9 Å². The van der Waals surface area contributed by atoms with E-state index >= 15 is 0 Å². The Labute approximate surface area is 149 Å². The fourth-order valence-electron chi connectivity index (χ4n) is 2.99. The van der Waals surface area contributed by atoms with Gasteiger partial charge in [-0.25, -0.2) is 0 Å².